The minimum atomic E-state index is -4.50. The van der Waals surface area contributed by atoms with Gasteiger partial charge in [0.2, 0.25) is 0 Å². The number of nitrogens with zero attached hydrogens (tertiary/aromatic N) is 2. The topological polar surface area (TPSA) is 57.4 Å². The Morgan fingerprint density at radius 3 is 1.33 bits per heavy atom. The fraction of sp³-hybridized carbons (Fsp3) is 0.0500. The van der Waals surface area contributed by atoms with Crippen molar-refractivity contribution in [3.8, 4) is 33.4 Å². The van der Waals surface area contributed by atoms with Gasteiger partial charge in [-0.05, 0) is 59.2 Å². The number of H-pyrrole nitrogens is 2. The molecule has 5 heterocycles. The van der Waals surface area contributed by atoms with E-state index < -0.39 is 28.7 Å². The van der Waals surface area contributed by atoms with Crippen LogP contribution < -0.4 is 0 Å². The number of aromatic nitrogens is 4. The molecule has 2 aliphatic heterocycles. The lowest BCUT2D eigenvalue weighted by Crippen LogP contribution is -2.33. The molecule has 3 aromatic heterocycles. The number of allylic oxidation sites excluding steroid dienone is 1. The van der Waals surface area contributed by atoms with Crippen LogP contribution in [0.3, 0.4) is 0 Å². The van der Waals surface area contributed by atoms with E-state index in [9.17, 15) is 0 Å². The molecule has 48 heavy (non-hydrogen) atoms. The number of aromatic amines is 2. The van der Waals surface area contributed by atoms with Crippen LogP contribution in [0.1, 0.15) is 28.3 Å². The molecule has 3 aromatic carbocycles. The summed E-state index contributed by atoms with van der Waals surface area (Å²) in [7, 11) is 0. The zero-order valence-electron chi connectivity index (χ0n) is 25.1. The Balaban J connectivity index is 1.51. The normalized spacial score (nSPS) is 15.5. The van der Waals surface area contributed by atoms with Crippen LogP contribution in [0.2, 0.25) is 0 Å². The quantitative estimate of drug-likeness (QED) is 0.190. The number of fused-ring (bicyclic) bond motifs is 8. The van der Waals surface area contributed by atoms with Crippen LogP contribution in [0.5, 0.6) is 0 Å². The summed E-state index contributed by atoms with van der Waals surface area (Å²) >= 11 is 0. The highest BCUT2D eigenvalue weighted by Crippen LogP contribution is 2.60. The maximum absolute atomic E-state index is 15.8. The Hall–Kier alpha value is -6.02. The van der Waals surface area contributed by atoms with Gasteiger partial charge in [0.15, 0.2) is 0 Å². The number of hydrogen-bond donors (Lipinski definition) is 2. The summed E-state index contributed by atoms with van der Waals surface area (Å²) in [5.41, 5.74) is 5.45. The van der Waals surface area contributed by atoms with Gasteiger partial charge in [-0.2, -0.15) is 17.6 Å². The molecule has 0 unspecified atom stereocenters. The first-order valence-corrected chi connectivity index (χ1v) is 15.4. The molecule has 0 radical (unpaired) electrons. The number of halogens is 4. The van der Waals surface area contributed by atoms with E-state index in [-0.39, 0.29) is 11.2 Å². The standard InChI is InChI=1S/C40H24F4N4/c41-39(42)26-22-33-36(25-14-8-3-9-15-25)31-19-18-28(46-31)34(23-10-4-1-5-11-23)27-16-17-29(45-27)35(24-12-6-2-7-13-24)30-20-21-32(47-30)37(38(26)48-33)40(39,43)44/h1-22,46-47H. The summed E-state index contributed by atoms with van der Waals surface area (Å²) in [5.74, 6) is -8.98. The van der Waals surface area contributed by atoms with Crippen LogP contribution in [0.4, 0.5) is 17.6 Å². The molecular weight excluding hydrogens is 612 g/mol. The maximum Gasteiger partial charge on any atom is 0.343 e. The average Bonchev–Trinajstić information content (AvgIpc) is 3.93. The molecule has 9 rings (SSSR count). The van der Waals surface area contributed by atoms with E-state index in [1.807, 2.05) is 115 Å². The molecule has 8 bridgehead atoms. The van der Waals surface area contributed by atoms with Crippen molar-refractivity contribution in [3.05, 3.63) is 144 Å². The average molecular weight is 637 g/mol. The summed E-state index contributed by atoms with van der Waals surface area (Å²) < 4.78 is 63.2. The fourth-order valence-corrected chi connectivity index (χ4v) is 6.90. The van der Waals surface area contributed by atoms with E-state index in [4.69, 9.17) is 4.98 Å². The van der Waals surface area contributed by atoms with Crippen molar-refractivity contribution in [2.75, 3.05) is 0 Å². The van der Waals surface area contributed by atoms with Gasteiger partial charge >= 0.3 is 11.8 Å². The molecule has 8 heteroatoms. The fourth-order valence-electron chi connectivity index (χ4n) is 6.90. The number of alkyl halides is 4. The smallest absolute Gasteiger partial charge is 0.343 e. The minimum absolute atomic E-state index is 0.134. The predicted molar refractivity (Wildman–Crippen MR) is 183 cm³/mol. The molecule has 2 N–H and O–H groups in total. The lowest BCUT2D eigenvalue weighted by molar-refractivity contribution is -0.171. The van der Waals surface area contributed by atoms with Gasteiger partial charge in [0, 0.05) is 33.2 Å². The molecule has 0 atom stereocenters. The molecule has 6 aromatic rings. The molecular formula is C40H24F4N4. The third kappa shape index (κ3) is 4.08. The van der Waals surface area contributed by atoms with Crippen LogP contribution >= 0.6 is 0 Å². The van der Waals surface area contributed by atoms with Gasteiger partial charge in [0.25, 0.3) is 0 Å². The van der Waals surface area contributed by atoms with Crippen LogP contribution in [-0.4, -0.2) is 25.9 Å². The van der Waals surface area contributed by atoms with E-state index >= 15 is 17.6 Å². The Labute approximate surface area is 271 Å². The van der Waals surface area contributed by atoms with Gasteiger partial charge in [-0.15, -0.1) is 0 Å². The van der Waals surface area contributed by atoms with Crippen LogP contribution in [0.15, 0.2) is 115 Å². The minimum Gasteiger partial charge on any atom is -0.354 e. The first kappa shape index (κ1) is 28.2. The van der Waals surface area contributed by atoms with Crippen molar-refractivity contribution >= 4 is 45.9 Å². The van der Waals surface area contributed by atoms with Gasteiger partial charge in [-0.25, -0.2) is 9.97 Å². The molecule has 1 aliphatic carbocycles. The lowest BCUT2D eigenvalue weighted by Gasteiger charge is -2.19. The number of rotatable bonds is 3. The van der Waals surface area contributed by atoms with Crippen LogP contribution in [0.25, 0.3) is 79.2 Å². The molecule has 0 fully saturated rings. The highest BCUT2D eigenvalue weighted by atomic mass is 19.3. The van der Waals surface area contributed by atoms with E-state index in [1.54, 1.807) is 6.07 Å². The van der Waals surface area contributed by atoms with Crippen molar-refractivity contribution < 1.29 is 17.6 Å². The maximum atomic E-state index is 15.8. The summed E-state index contributed by atoms with van der Waals surface area (Å²) in [6, 6.07) is 35.3. The second-order valence-corrected chi connectivity index (χ2v) is 11.9. The zero-order valence-corrected chi connectivity index (χ0v) is 25.1. The van der Waals surface area contributed by atoms with Gasteiger partial charge in [-0.1, -0.05) is 91.0 Å². The van der Waals surface area contributed by atoms with Crippen molar-refractivity contribution in [1.82, 2.24) is 19.9 Å². The van der Waals surface area contributed by atoms with Crippen LogP contribution in [-0.2, 0) is 5.92 Å². The van der Waals surface area contributed by atoms with Crippen molar-refractivity contribution in [2.24, 2.45) is 0 Å². The molecule has 4 nitrogen and oxygen atoms in total. The van der Waals surface area contributed by atoms with Crippen molar-refractivity contribution in [3.63, 3.8) is 0 Å². The molecule has 0 spiro atoms. The highest BCUT2D eigenvalue weighted by molar-refractivity contribution is 6.01. The Morgan fingerprint density at radius 2 is 0.854 bits per heavy atom. The molecule has 232 valence electrons. The van der Waals surface area contributed by atoms with Crippen LogP contribution in [0, 0.1) is 0 Å². The monoisotopic (exact) mass is 636 g/mol. The van der Waals surface area contributed by atoms with Gasteiger partial charge in [0.1, 0.15) is 0 Å². The Kier molecular flexibility index (Phi) is 6.02. The van der Waals surface area contributed by atoms with Gasteiger partial charge in [0.05, 0.1) is 39.4 Å². The summed E-state index contributed by atoms with van der Waals surface area (Å²) in [5, 5.41) is 0. The number of nitrogens with one attached hydrogen (secondary N) is 2. The molecule has 0 saturated heterocycles. The summed E-state index contributed by atoms with van der Waals surface area (Å²) in [6.45, 7) is 0. The summed E-state index contributed by atoms with van der Waals surface area (Å²) in [4.78, 5) is 16.2. The van der Waals surface area contributed by atoms with Gasteiger partial charge in [-0.3, -0.25) is 0 Å². The first-order chi connectivity index (χ1) is 23.3. The lowest BCUT2D eigenvalue weighted by atomic mass is 10.0. The third-order valence-electron chi connectivity index (χ3n) is 9.10. The highest BCUT2D eigenvalue weighted by Gasteiger charge is 2.68. The largest absolute Gasteiger partial charge is 0.354 e. The number of hydrogen-bond acceptors (Lipinski definition) is 2. The molecule has 0 saturated carbocycles. The second-order valence-electron chi connectivity index (χ2n) is 11.9. The van der Waals surface area contributed by atoms with E-state index in [0.29, 0.717) is 39.1 Å². The van der Waals surface area contributed by atoms with E-state index in [2.05, 4.69) is 15.0 Å². The summed E-state index contributed by atoms with van der Waals surface area (Å²) in [6.07, 6.45) is 4.93. The van der Waals surface area contributed by atoms with E-state index in [1.165, 1.54) is 6.07 Å². The van der Waals surface area contributed by atoms with Crippen molar-refractivity contribution in [2.45, 2.75) is 11.8 Å². The molecule has 3 aliphatic rings. The van der Waals surface area contributed by atoms with Crippen molar-refractivity contribution in [1.29, 1.82) is 0 Å². The Morgan fingerprint density at radius 1 is 0.438 bits per heavy atom. The van der Waals surface area contributed by atoms with Gasteiger partial charge < -0.3 is 9.97 Å². The van der Waals surface area contributed by atoms with E-state index in [0.717, 1.165) is 28.3 Å². The first-order valence-electron chi connectivity index (χ1n) is 15.4. The Bertz CT molecular complexity index is 2490. The predicted octanol–water partition coefficient (Wildman–Crippen LogP) is 10.8. The third-order valence-corrected chi connectivity index (χ3v) is 9.10. The molecule has 0 amide bonds. The number of benzene rings is 3. The second kappa shape index (κ2) is 10.2. The zero-order chi connectivity index (χ0) is 32.6. The SMILES string of the molecule is FC1(F)C2=Cc3nc2c(c2ccc([nH]2)c(-c2ccccc2)c2nc(c(-c4ccccc4)c4ccc([nH]4)c3-c3ccccc3)C=C2)C1(F)F.